The van der Waals surface area contributed by atoms with E-state index in [2.05, 4.69) is 9.53 Å². The molecule has 0 unspecified atom stereocenters. The molecule has 0 atom stereocenters. The molecule has 0 saturated carbocycles. The normalized spacial score (nSPS) is 11.7. The number of rotatable bonds is 3. The zero-order valence-corrected chi connectivity index (χ0v) is 8.86. The van der Waals surface area contributed by atoms with Crippen LogP contribution in [0.1, 0.15) is 0 Å². The van der Waals surface area contributed by atoms with Gasteiger partial charge < -0.3 is 10.3 Å². The number of alkyl halides is 3. The SMILES string of the molecule is [N-]=[N+]=CS(=O)(=O)c1cccc(OC(F)(F)F)c1. The van der Waals surface area contributed by atoms with E-state index in [1.165, 1.54) is 0 Å². The van der Waals surface area contributed by atoms with Crippen molar-refractivity contribution in [3.63, 3.8) is 0 Å². The van der Waals surface area contributed by atoms with Crippen molar-refractivity contribution in [1.82, 2.24) is 0 Å². The predicted molar refractivity (Wildman–Crippen MR) is 50.0 cm³/mol. The maximum absolute atomic E-state index is 11.9. The van der Waals surface area contributed by atoms with Gasteiger partial charge in [-0.3, -0.25) is 0 Å². The van der Waals surface area contributed by atoms with E-state index in [0.717, 1.165) is 18.2 Å². The van der Waals surface area contributed by atoms with Crippen LogP contribution in [0, 0.1) is 0 Å². The highest BCUT2D eigenvalue weighted by atomic mass is 32.2. The van der Waals surface area contributed by atoms with Crippen LogP contribution in [0.25, 0.3) is 5.53 Å². The summed E-state index contributed by atoms with van der Waals surface area (Å²) in [6, 6.07) is 3.73. The van der Waals surface area contributed by atoms with Gasteiger partial charge in [-0.05, 0) is 18.2 Å². The maximum atomic E-state index is 11.9. The minimum Gasteiger partial charge on any atom is -0.406 e. The molecule has 0 aliphatic rings. The van der Waals surface area contributed by atoms with Gasteiger partial charge in [0.05, 0.1) is 4.90 Å². The standard InChI is InChI=1S/C8H5F3N2O3S/c9-8(10,11)16-6-2-1-3-7(4-6)17(14,15)5-13-12/h1-5H. The van der Waals surface area contributed by atoms with Crippen LogP contribution in [0.2, 0.25) is 0 Å². The Bertz CT molecular complexity index is 562. The molecule has 1 rings (SSSR count). The van der Waals surface area contributed by atoms with E-state index in [4.69, 9.17) is 5.53 Å². The van der Waals surface area contributed by atoms with E-state index in [1.54, 1.807) is 0 Å². The van der Waals surface area contributed by atoms with Crippen molar-refractivity contribution in [3.05, 3.63) is 29.8 Å². The molecule has 0 heterocycles. The van der Waals surface area contributed by atoms with E-state index in [0.29, 0.717) is 6.07 Å². The minimum atomic E-state index is -4.91. The molecule has 0 amide bonds. The van der Waals surface area contributed by atoms with Gasteiger partial charge in [0.25, 0.3) is 9.84 Å². The van der Waals surface area contributed by atoms with Gasteiger partial charge in [-0.1, -0.05) is 6.07 Å². The van der Waals surface area contributed by atoms with Crippen LogP contribution in [0.15, 0.2) is 29.2 Å². The molecule has 5 nitrogen and oxygen atoms in total. The lowest BCUT2D eigenvalue weighted by molar-refractivity contribution is -0.274. The third-order valence-electron chi connectivity index (χ3n) is 1.55. The molecule has 0 aliphatic heterocycles. The Hall–Kier alpha value is -1.86. The zero-order chi connectivity index (χ0) is 13.1. The van der Waals surface area contributed by atoms with Crippen LogP contribution in [0.4, 0.5) is 13.2 Å². The van der Waals surface area contributed by atoms with Gasteiger partial charge in [-0.15, -0.1) is 13.2 Å². The fourth-order valence-electron chi connectivity index (χ4n) is 0.971. The lowest BCUT2D eigenvalue weighted by atomic mass is 10.3. The van der Waals surface area contributed by atoms with Crippen LogP contribution >= 0.6 is 0 Å². The second kappa shape index (κ2) is 4.56. The summed E-state index contributed by atoms with van der Waals surface area (Å²) >= 11 is 0. The average Bonchev–Trinajstić information content (AvgIpc) is 2.15. The summed E-state index contributed by atoms with van der Waals surface area (Å²) in [5, 5.41) is 0. The predicted octanol–water partition coefficient (Wildman–Crippen LogP) is 1.62. The summed E-state index contributed by atoms with van der Waals surface area (Å²) in [7, 11) is -4.08. The molecule has 92 valence electrons. The van der Waals surface area contributed by atoms with Gasteiger partial charge in [0.15, 0.2) is 0 Å². The maximum Gasteiger partial charge on any atom is 0.573 e. The first-order valence-corrected chi connectivity index (χ1v) is 5.57. The van der Waals surface area contributed by atoms with Gasteiger partial charge in [0, 0.05) is 0 Å². The lowest BCUT2D eigenvalue weighted by Gasteiger charge is -2.08. The van der Waals surface area contributed by atoms with E-state index in [1.807, 2.05) is 0 Å². The lowest BCUT2D eigenvalue weighted by Crippen LogP contribution is -2.17. The fraction of sp³-hybridized carbons (Fsp3) is 0.125. The third kappa shape index (κ3) is 3.89. The summed E-state index contributed by atoms with van der Waals surface area (Å²) in [5.41, 5.74) is 8.31. The molecule has 17 heavy (non-hydrogen) atoms. The Labute approximate surface area is 94.0 Å². The Morgan fingerprint density at radius 3 is 2.53 bits per heavy atom. The van der Waals surface area contributed by atoms with Crippen molar-refractivity contribution >= 4 is 15.4 Å². The second-order valence-electron chi connectivity index (χ2n) is 2.79. The largest absolute Gasteiger partial charge is 0.573 e. The fourth-order valence-corrected chi connectivity index (χ4v) is 1.77. The van der Waals surface area contributed by atoms with Gasteiger partial charge in [0.1, 0.15) is 5.75 Å². The van der Waals surface area contributed by atoms with Crippen LogP contribution < -0.4 is 4.74 Å². The highest BCUT2D eigenvalue weighted by Gasteiger charge is 2.31. The zero-order valence-electron chi connectivity index (χ0n) is 8.05. The number of ether oxygens (including phenoxy) is 1. The summed E-state index contributed by atoms with van der Waals surface area (Å²) in [5.74, 6) is -0.676. The minimum absolute atomic E-state index is 0.208. The first kappa shape index (κ1) is 13.2. The van der Waals surface area contributed by atoms with Gasteiger partial charge >= 0.3 is 11.9 Å². The topological polar surface area (TPSA) is 79.8 Å². The smallest absolute Gasteiger partial charge is 0.406 e. The van der Waals surface area contributed by atoms with Crippen molar-refractivity contribution in [3.8, 4) is 5.75 Å². The van der Waals surface area contributed by atoms with E-state index in [9.17, 15) is 21.6 Å². The number of hydrogen-bond donors (Lipinski definition) is 0. The van der Waals surface area contributed by atoms with E-state index < -0.39 is 26.8 Å². The molecule has 0 saturated heterocycles. The summed E-state index contributed by atoms with van der Waals surface area (Å²) < 4.78 is 61.8. The summed E-state index contributed by atoms with van der Waals surface area (Å²) in [6.45, 7) is 0. The van der Waals surface area contributed by atoms with Crippen LogP contribution in [-0.2, 0) is 9.84 Å². The first-order chi connectivity index (χ1) is 7.74. The first-order valence-electron chi connectivity index (χ1n) is 4.03. The van der Waals surface area contributed by atoms with Crippen molar-refractivity contribution in [2.75, 3.05) is 0 Å². The molecule has 1 aromatic carbocycles. The van der Waals surface area contributed by atoms with Gasteiger partial charge in [-0.2, -0.15) is 4.79 Å². The highest BCUT2D eigenvalue weighted by molar-refractivity contribution is 8.04. The molecule has 0 aliphatic carbocycles. The second-order valence-corrected chi connectivity index (χ2v) is 4.56. The van der Waals surface area contributed by atoms with Gasteiger partial charge in [0.2, 0.25) is 0 Å². The quantitative estimate of drug-likeness (QED) is 0.361. The highest BCUT2D eigenvalue weighted by Crippen LogP contribution is 2.24. The van der Waals surface area contributed by atoms with Crippen molar-refractivity contribution in [2.24, 2.45) is 0 Å². The number of benzene rings is 1. The molecule has 0 radical (unpaired) electrons. The average molecular weight is 266 g/mol. The molecule has 0 spiro atoms. The Morgan fingerprint density at radius 2 is 2.00 bits per heavy atom. The van der Waals surface area contributed by atoms with Crippen molar-refractivity contribution in [2.45, 2.75) is 11.3 Å². The van der Waals surface area contributed by atoms with Crippen molar-refractivity contribution in [1.29, 1.82) is 0 Å². The molecular weight excluding hydrogens is 261 g/mol. The number of nitrogens with zero attached hydrogens (tertiary/aromatic N) is 2. The monoisotopic (exact) mass is 266 g/mol. The Kier molecular flexibility index (Phi) is 3.54. The summed E-state index contributed by atoms with van der Waals surface area (Å²) in [6.07, 6.45) is -4.91. The van der Waals surface area contributed by atoms with Crippen LogP contribution in [0.5, 0.6) is 5.75 Å². The van der Waals surface area contributed by atoms with Crippen LogP contribution in [-0.4, -0.2) is 25.1 Å². The Morgan fingerprint density at radius 1 is 1.35 bits per heavy atom. The number of sulfone groups is 1. The van der Waals surface area contributed by atoms with E-state index in [-0.39, 0.29) is 5.55 Å². The molecular formula is C8H5F3N2O3S. The molecule has 9 heteroatoms. The van der Waals surface area contributed by atoms with Gasteiger partial charge in [-0.25, -0.2) is 8.42 Å². The number of hydrogen-bond acceptors (Lipinski definition) is 3. The number of halogens is 3. The molecule has 0 fully saturated rings. The third-order valence-corrected chi connectivity index (χ3v) is 2.84. The summed E-state index contributed by atoms with van der Waals surface area (Å²) in [4.78, 5) is 1.84. The van der Waals surface area contributed by atoms with E-state index >= 15 is 0 Å². The van der Waals surface area contributed by atoms with Crippen LogP contribution in [0.3, 0.4) is 0 Å². The molecule has 0 bridgehead atoms. The van der Waals surface area contributed by atoms with Crippen molar-refractivity contribution < 1.29 is 31.1 Å². The molecule has 0 aromatic heterocycles. The molecule has 1 aromatic rings. The molecule has 0 N–H and O–H groups in total. The Balaban J connectivity index is 3.15.